The van der Waals surface area contributed by atoms with Crippen molar-refractivity contribution in [3.05, 3.63) is 11.8 Å². The molecule has 0 spiro atoms. The topological polar surface area (TPSA) is 46.5 Å². The molecular weight excluding hydrogens is 216 g/mol. The van der Waals surface area contributed by atoms with Crippen molar-refractivity contribution < 1.29 is 14.6 Å². The molecule has 0 aliphatic carbocycles. The van der Waals surface area contributed by atoms with E-state index in [9.17, 15) is 9.90 Å². The number of ether oxygens (including phenoxy) is 1. The van der Waals surface area contributed by atoms with E-state index in [0.29, 0.717) is 12.8 Å². The molecular formula is C14H22O3. The predicted molar refractivity (Wildman–Crippen MR) is 65.5 cm³/mol. The molecule has 0 radical (unpaired) electrons. The first kappa shape index (κ1) is 12.6. The third-order valence-electron chi connectivity index (χ3n) is 4.15. The van der Waals surface area contributed by atoms with Gasteiger partial charge in [0.15, 0.2) is 5.78 Å². The van der Waals surface area contributed by atoms with Gasteiger partial charge in [-0.15, -0.1) is 0 Å². The largest absolute Gasteiger partial charge is 0.489 e. The molecule has 1 N–H and O–H groups in total. The second-order valence-corrected chi connectivity index (χ2v) is 6.18. The van der Waals surface area contributed by atoms with Gasteiger partial charge in [-0.25, -0.2) is 0 Å². The van der Waals surface area contributed by atoms with Gasteiger partial charge in [0.25, 0.3) is 0 Å². The van der Waals surface area contributed by atoms with Crippen LogP contribution in [0.15, 0.2) is 11.8 Å². The van der Waals surface area contributed by atoms with Crippen molar-refractivity contribution in [2.75, 3.05) is 0 Å². The van der Waals surface area contributed by atoms with Gasteiger partial charge < -0.3 is 9.84 Å². The summed E-state index contributed by atoms with van der Waals surface area (Å²) >= 11 is 0. The first-order valence-electron chi connectivity index (χ1n) is 6.46. The van der Waals surface area contributed by atoms with E-state index in [1.807, 2.05) is 6.92 Å². The molecule has 2 heterocycles. The lowest BCUT2D eigenvalue weighted by Crippen LogP contribution is -2.43. The Hall–Kier alpha value is -0.830. The molecule has 0 aromatic heterocycles. The molecule has 17 heavy (non-hydrogen) atoms. The fraction of sp³-hybridized carbons (Fsp3) is 0.786. The SMILES string of the molecule is CC1(C)CCCC2(C)O/C1=C\C(=O)CC[C@H]2O. The van der Waals surface area contributed by atoms with Gasteiger partial charge in [-0.2, -0.15) is 0 Å². The average Bonchev–Trinajstić information content (AvgIpc) is 2.33. The molecule has 2 rings (SSSR count). The summed E-state index contributed by atoms with van der Waals surface area (Å²) in [6.45, 7) is 6.17. The highest BCUT2D eigenvalue weighted by molar-refractivity contribution is 5.90. The van der Waals surface area contributed by atoms with Crippen LogP contribution in [0.2, 0.25) is 0 Å². The maximum atomic E-state index is 11.7. The lowest BCUT2D eigenvalue weighted by Gasteiger charge is -2.37. The Morgan fingerprint density at radius 2 is 2.06 bits per heavy atom. The lowest BCUT2D eigenvalue weighted by molar-refractivity contribution is -0.123. The van der Waals surface area contributed by atoms with E-state index in [0.717, 1.165) is 25.0 Å². The van der Waals surface area contributed by atoms with E-state index in [-0.39, 0.29) is 11.2 Å². The second kappa shape index (κ2) is 4.13. The first-order valence-corrected chi connectivity index (χ1v) is 6.46. The highest BCUT2D eigenvalue weighted by atomic mass is 16.5. The maximum Gasteiger partial charge on any atom is 0.159 e. The zero-order chi connectivity index (χ0) is 12.7. The number of aliphatic hydroxyl groups is 1. The number of carbonyl (C=O) groups is 1. The highest BCUT2D eigenvalue weighted by Gasteiger charge is 2.43. The lowest BCUT2D eigenvalue weighted by atomic mass is 9.85. The van der Waals surface area contributed by atoms with Crippen molar-refractivity contribution in [3.8, 4) is 0 Å². The van der Waals surface area contributed by atoms with E-state index in [1.54, 1.807) is 6.08 Å². The van der Waals surface area contributed by atoms with E-state index >= 15 is 0 Å². The van der Waals surface area contributed by atoms with Crippen molar-refractivity contribution in [2.24, 2.45) is 5.41 Å². The molecule has 0 aromatic carbocycles. The summed E-state index contributed by atoms with van der Waals surface area (Å²) in [6, 6.07) is 0. The normalized spacial score (nSPS) is 40.4. The van der Waals surface area contributed by atoms with E-state index in [2.05, 4.69) is 13.8 Å². The van der Waals surface area contributed by atoms with E-state index in [1.165, 1.54) is 0 Å². The van der Waals surface area contributed by atoms with Gasteiger partial charge in [-0.05, 0) is 32.6 Å². The molecule has 1 fully saturated rings. The molecule has 0 amide bonds. The van der Waals surface area contributed by atoms with Gasteiger partial charge in [0.1, 0.15) is 11.4 Å². The molecule has 96 valence electrons. The standard InChI is InChI=1S/C14H22O3/c1-13(2)7-4-8-14(3)11(16)6-5-10(15)9-12(13)17-14/h9,11,16H,4-8H2,1-3H3/b12-9-/t11-,14?/m1/s1. The summed E-state index contributed by atoms with van der Waals surface area (Å²) in [5.41, 5.74) is -0.634. The second-order valence-electron chi connectivity index (χ2n) is 6.18. The fourth-order valence-corrected chi connectivity index (χ4v) is 2.71. The average molecular weight is 238 g/mol. The minimum atomic E-state index is -0.552. The minimum absolute atomic E-state index is 0.0658. The van der Waals surface area contributed by atoms with Crippen LogP contribution in [-0.2, 0) is 9.53 Å². The Morgan fingerprint density at radius 3 is 2.76 bits per heavy atom. The summed E-state index contributed by atoms with van der Waals surface area (Å²) in [5, 5.41) is 10.2. The van der Waals surface area contributed by atoms with Crippen LogP contribution in [0.1, 0.15) is 52.9 Å². The number of carbonyl (C=O) groups excluding carboxylic acids is 1. The molecule has 3 nitrogen and oxygen atoms in total. The Balaban J connectivity index is 2.42. The van der Waals surface area contributed by atoms with Crippen LogP contribution in [-0.4, -0.2) is 22.6 Å². The van der Waals surface area contributed by atoms with Crippen LogP contribution in [0.3, 0.4) is 0 Å². The summed E-state index contributed by atoms with van der Waals surface area (Å²) in [4.78, 5) is 11.7. The van der Waals surface area contributed by atoms with Crippen LogP contribution in [0.25, 0.3) is 0 Å². The molecule has 1 unspecified atom stereocenters. The van der Waals surface area contributed by atoms with Crippen molar-refractivity contribution in [2.45, 2.75) is 64.6 Å². The summed E-state index contributed by atoms with van der Waals surface area (Å²) in [7, 11) is 0. The fourth-order valence-electron chi connectivity index (χ4n) is 2.71. The van der Waals surface area contributed by atoms with Crippen LogP contribution in [0, 0.1) is 5.41 Å². The number of rotatable bonds is 0. The van der Waals surface area contributed by atoms with Gasteiger partial charge in [0.05, 0.1) is 6.10 Å². The van der Waals surface area contributed by atoms with Gasteiger partial charge in [0.2, 0.25) is 0 Å². The highest BCUT2D eigenvalue weighted by Crippen LogP contribution is 2.43. The minimum Gasteiger partial charge on any atom is -0.489 e. The van der Waals surface area contributed by atoms with Crippen molar-refractivity contribution in [3.63, 3.8) is 0 Å². The quantitative estimate of drug-likeness (QED) is 0.705. The molecule has 3 heteroatoms. The number of fused-ring (bicyclic) bond motifs is 2. The predicted octanol–water partition coefficient (Wildman–Crippen LogP) is 2.58. The number of aliphatic hydroxyl groups excluding tert-OH is 1. The number of hydrogen-bond acceptors (Lipinski definition) is 3. The van der Waals surface area contributed by atoms with Crippen molar-refractivity contribution >= 4 is 5.78 Å². The third-order valence-corrected chi connectivity index (χ3v) is 4.15. The molecule has 2 atom stereocenters. The molecule has 0 aromatic rings. The summed E-state index contributed by atoms with van der Waals surface area (Å²) in [6.07, 6.45) is 4.88. The number of ketones is 1. The molecule has 2 aliphatic heterocycles. The summed E-state index contributed by atoms with van der Waals surface area (Å²) in [5.74, 6) is 0.817. The Kier molecular flexibility index (Phi) is 3.06. The molecule has 2 bridgehead atoms. The zero-order valence-electron chi connectivity index (χ0n) is 11.0. The Labute approximate surface area is 103 Å². The molecule has 1 saturated heterocycles. The number of allylic oxidation sites excluding steroid dienone is 2. The van der Waals surface area contributed by atoms with Crippen LogP contribution in [0.5, 0.6) is 0 Å². The smallest absolute Gasteiger partial charge is 0.159 e. The monoisotopic (exact) mass is 238 g/mol. The van der Waals surface area contributed by atoms with Gasteiger partial charge in [0, 0.05) is 17.9 Å². The Morgan fingerprint density at radius 1 is 1.35 bits per heavy atom. The summed E-state index contributed by atoms with van der Waals surface area (Å²) < 4.78 is 6.03. The van der Waals surface area contributed by atoms with E-state index in [4.69, 9.17) is 4.74 Å². The van der Waals surface area contributed by atoms with Crippen molar-refractivity contribution in [1.29, 1.82) is 0 Å². The van der Waals surface area contributed by atoms with Crippen LogP contribution < -0.4 is 0 Å². The van der Waals surface area contributed by atoms with Gasteiger partial charge >= 0.3 is 0 Å². The zero-order valence-corrected chi connectivity index (χ0v) is 11.0. The van der Waals surface area contributed by atoms with E-state index < -0.39 is 11.7 Å². The van der Waals surface area contributed by atoms with Crippen LogP contribution >= 0.6 is 0 Å². The third kappa shape index (κ3) is 2.39. The van der Waals surface area contributed by atoms with Gasteiger partial charge in [-0.1, -0.05) is 13.8 Å². The molecule has 0 saturated carbocycles. The number of hydrogen-bond donors (Lipinski definition) is 1. The maximum absolute atomic E-state index is 11.7. The van der Waals surface area contributed by atoms with Gasteiger partial charge in [-0.3, -0.25) is 4.79 Å². The van der Waals surface area contributed by atoms with Crippen molar-refractivity contribution in [1.82, 2.24) is 0 Å². The Bertz CT molecular complexity index is 356. The molecule has 2 aliphatic rings. The van der Waals surface area contributed by atoms with Crippen LogP contribution in [0.4, 0.5) is 0 Å². The first-order chi connectivity index (χ1) is 7.83.